The maximum Gasteiger partial charge on any atom is 0.223 e. The zero-order valence-corrected chi connectivity index (χ0v) is 18.9. The Balaban J connectivity index is 0.00000364. The smallest absolute Gasteiger partial charge is 0.223 e. The first kappa shape index (κ1) is 23.6. The average molecular weight is 489 g/mol. The molecule has 0 aliphatic carbocycles. The van der Waals surface area contributed by atoms with E-state index in [-0.39, 0.29) is 29.9 Å². The van der Waals surface area contributed by atoms with Crippen LogP contribution in [0.25, 0.3) is 0 Å². The Labute approximate surface area is 179 Å². The fraction of sp³-hybridized carbons (Fsp3) is 0.579. The number of nitrogens with zero attached hydrogens (tertiary/aromatic N) is 3. The van der Waals surface area contributed by atoms with Crippen molar-refractivity contribution in [1.29, 1.82) is 0 Å². The first-order valence-corrected chi connectivity index (χ1v) is 9.11. The number of nitrogens with one attached hydrogen (secondary N) is 2. The molecular weight excluding hydrogens is 457 g/mol. The molecule has 1 saturated heterocycles. The van der Waals surface area contributed by atoms with Gasteiger partial charge in [0.2, 0.25) is 5.91 Å². The zero-order chi connectivity index (χ0) is 18.8. The van der Waals surface area contributed by atoms with E-state index in [1.54, 1.807) is 26.0 Å². The maximum absolute atomic E-state index is 11.6. The van der Waals surface area contributed by atoms with Crippen LogP contribution >= 0.6 is 24.0 Å². The summed E-state index contributed by atoms with van der Waals surface area (Å²) < 4.78 is 5.43. The van der Waals surface area contributed by atoms with Crippen LogP contribution in [0.3, 0.4) is 0 Å². The van der Waals surface area contributed by atoms with Gasteiger partial charge in [-0.3, -0.25) is 14.7 Å². The van der Waals surface area contributed by atoms with Gasteiger partial charge in [-0.15, -0.1) is 24.0 Å². The summed E-state index contributed by atoms with van der Waals surface area (Å²) in [5.41, 5.74) is 2.58. The molecule has 1 heterocycles. The van der Waals surface area contributed by atoms with E-state index in [4.69, 9.17) is 4.74 Å². The Morgan fingerprint density at radius 1 is 1.19 bits per heavy atom. The van der Waals surface area contributed by atoms with E-state index in [0.29, 0.717) is 25.5 Å². The lowest BCUT2D eigenvalue weighted by Crippen LogP contribution is -2.39. The van der Waals surface area contributed by atoms with Gasteiger partial charge in [0, 0.05) is 60.3 Å². The van der Waals surface area contributed by atoms with E-state index >= 15 is 0 Å². The number of benzene rings is 1. The molecule has 1 aliphatic rings. The molecule has 152 valence electrons. The molecule has 2 N–H and O–H groups in total. The third-order valence-electron chi connectivity index (χ3n) is 4.42. The minimum atomic E-state index is 0. The van der Waals surface area contributed by atoms with Crippen molar-refractivity contribution in [1.82, 2.24) is 20.4 Å². The topological polar surface area (TPSA) is 69.2 Å². The molecule has 7 nitrogen and oxygen atoms in total. The second kappa shape index (κ2) is 12.9. The summed E-state index contributed by atoms with van der Waals surface area (Å²) in [7, 11) is 5.27. The van der Waals surface area contributed by atoms with Crippen molar-refractivity contribution < 1.29 is 9.53 Å². The second-order valence-electron chi connectivity index (χ2n) is 6.55. The van der Waals surface area contributed by atoms with E-state index in [0.717, 1.165) is 32.8 Å². The van der Waals surface area contributed by atoms with E-state index in [1.807, 2.05) is 0 Å². The third-order valence-corrected chi connectivity index (χ3v) is 4.42. The summed E-state index contributed by atoms with van der Waals surface area (Å²) >= 11 is 0. The molecule has 0 saturated carbocycles. The number of aliphatic imine (C=N–C) groups is 1. The minimum Gasteiger partial charge on any atom is -0.379 e. The molecule has 0 spiro atoms. The van der Waals surface area contributed by atoms with Crippen molar-refractivity contribution in [3.63, 3.8) is 0 Å². The summed E-state index contributed by atoms with van der Waals surface area (Å²) in [5.74, 6) is 0.807. The van der Waals surface area contributed by atoms with Gasteiger partial charge in [-0.1, -0.05) is 24.3 Å². The normalized spacial score (nSPS) is 15.0. The number of morpholine rings is 1. The van der Waals surface area contributed by atoms with Crippen LogP contribution in [0.15, 0.2) is 29.3 Å². The molecule has 1 aliphatic heterocycles. The van der Waals surface area contributed by atoms with Gasteiger partial charge in [0.05, 0.1) is 13.2 Å². The first-order valence-electron chi connectivity index (χ1n) is 9.11. The maximum atomic E-state index is 11.6. The van der Waals surface area contributed by atoms with Crippen LogP contribution in [0.2, 0.25) is 0 Å². The number of hydrogen-bond acceptors (Lipinski definition) is 4. The molecule has 0 aromatic heterocycles. The van der Waals surface area contributed by atoms with Crippen molar-refractivity contribution in [3.05, 3.63) is 35.4 Å². The third kappa shape index (κ3) is 8.44. The molecular formula is C19H32IN5O2. The Bertz CT molecular complexity index is 604. The fourth-order valence-electron chi connectivity index (χ4n) is 2.80. The van der Waals surface area contributed by atoms with Crippen molar-refractivity contribution in [3.8, 4) is 0 Å². The number of guanidine groups is 1. The first-order chi connectivity index (χ1) is 12.6. The molecule has 0 unspecified atom stereocenters. The van der Waals surface area contributed by atoms with Crippen LogP contribution in [0, 0.1) is 0 Å². The zero-order valence-electron chi connectivity index (χ0n) is 16.5. The van der Waals surface area contributed by atoms with Crippen LogP contribution in [0.4, 0.5) is 0 Å². The van der Waals surface area contributed by atoms with Gasteiger partial charge >= 0.3 is 0 Å². The average Bonchev–Trinajstić information content (AvgIpc) is 2.66. The number of rotatable bonds is 7. The fourth-order valence-corrected chi connectivity index (χ4v) is 2.80. The van der Waals surface area contributed by atoms with Crippen molar-refractivity contribution in [2.24, 2.45) is 4.99 Å². The number of carbonyl (C=O) groups is 1. The summed E-state index contributed by atoms with van der Waals surface area (Å²) in [5, 5.41) is 6.53. The number of hydrogen-bond donors (Lipinski definition) is 2. The van der Waals surface area contributed by atoms with E-state index in [2.05, 4.69) is 44.8 Å². The molecule has 8 heteroatoms. The van der Waals surface area contributed by atoms with Gasteiger partial charge in [-0.25, -0.2) is 0 Å². The highest BCUT2D eigenvalue weighted by Gasteiger charge is 2.13. The lowest BCUT2D eigenvalue weighted by atomic mass is 10.1. The molecule has 0 radical (unpaired) electrons. The lowest BCUT2D eigenvalue weighted by molar-refractivity contribution is -0.128. The number of amides is 1. The van der Waals surface area contributed by atoms with Gasteiger partial charge in [-0.05, 0) is 11.1 Å². The molecule has 2 rings (SSSR count). The number of carbonyl (C=O) groups excluding carboxylic acids is 1. The standard InChI is InChI=1S/C19H31N5O2.HI/c1-20-19(21-9-8-18(25)23(2)3)22-14-16-6-4-5-7-17(16)15-24-10-12-26-13-11-24;/h4-7H,8-15H2,1-3H3,(H2,20,21,22);1H. The highest BCUT2D eigenvalue weighted by Crippen LogP contribution is 2.12. The van der Waals surface area contributed by atoms with Gasteiger partial charge in [-0.2, -0.15) is 0 Å². The predicted octanol–water partition coefficient (Wildman–Crippen LogP) is 1.28. The van der Waals surface area contributed by atoms with Crippen LogP contribution in [-0.4, -0.2) is 75.7 Å². The van der Waals surface area contributed by atoms with E-state index in [1.165, 1.54) is 11.1 Å². The molecule has 0 atom stereocenters. The molecule has 0 bridgehead atoms. The molecule has 1 amide bonds. The number of halogens is 1. The summed E-state index contributed by atoms with van der Waals surface area (Å²) in [6.45, 7) is 5.76. The number of ether oxygens (including phenoxy) is 1. The lowest BCUT2D eigenvalue weighted by Gasteiger charge is -2.27. The van der Waals surface area contributed by atoms with Crippen molar-refractivity contribution in [2.45, 2.75) is 19.5 Å². The summed E-state index contributed by atoms with van der Waals surface area (Å²) in [6.07, 6.45) is 0.446. The monoisotopic (exact) mass is 489 g/mol. The Morgan fingerprint density at radius 3 is 2.48 bits per heavy atom. The Hall–Kier alpha value is -1.39. The predicted molar refractivity (Wildman–Crippen MR) is 119 cm³/mol. The van der Waals surface area contributed by atoms with Crippen molar-refractivity contribution in [2.75, 3.05) is 54.0 Å². The van der Waals surface area contributed by atoms with Crippen LogP contribution < -0.4 is 10.6 Å². The quantitative estimate of drug-likeness (QED) is 0.343. The molecule has 1 aromatic carbocycles. The summed E-state index contributed by atoms with van der Waals surface area (Å²) in [4.78, 5) is 19.9. The highest BCUT2D eigenvalue weighted by atomic mass is 127. The van der Waals surface area contributed by atoms with E-state index in [9.17, 15) is 4.79 Å². The van der Waals surface area contributed by atoms with Gasteiger partial charge in [0.1, 0.15) is 0 Å². The SMILES string of the molecule is CN=C(NCCC(=O)N(C)C)NCc1ccccc1CN1CCOCC1.I. The van der Waals surface area contributed by atoms with Crippen LogP contribution in [-0.2, 0) is 22.6 Å². The van der Waals surface area contributed by atoms with E-state index < -0.39 is 0 Å². The molecule has 1 aromatic rings. The van der Waals surface area contributed by atoms with Crippen molar-refractivity contribution >= 4 is 35.8 Å². The molecule has 27 heavy (non-hydrogen) atoms. The van der Waals surface area contributed by atoms with Gasteiger partial charge < -0.3 is 20.3 Å². The van der Waals surface area contributed by atoms with Crippen LogP contribution in [0.5, 0.6) is 0 Å². The largest absolute Gasteiger partial charge is 0.379 e. The van der Waals surface area contributed by atoms with Crippen LogP contribution in [0.1, 0.15) is 17.5 Å². The summed E-state index contributed by atoms with van der Waals surface area (Å²) in [6, 6.07) is 8.47. The second-order valence-corrected chi connectivity index (χ2v) is 6.55. The Morgan fingerprint density at radius 2 is 1.85 bits per heavy atom. The molecule has 1 fully saturated rings. The minimum absolute atomic E-state index is 0. The van der Waals surface area contributed by atoms with Gasteiger partial charge in [0.15, 0.2) is 5.96 Å². The highest BCUT2D eigenvalue weighted by molar-refractivity contribution is 14.0. The Kier molecular flexibility index (Phi) is 11.3. The van der Waals surface area contributed by atoms with Gasteiger partial charge in [0.25, 0.3) is 0 Å².